The van der Waals surface area contributed by atoms with Crippen LogP contribution in [0.15, 0.2) is 79.2 Å². The second-order valence-corrected chi connectivity index (χ2v) is 10.8. The molecule has 0 spiro atoms. The molecule has 0 saturated carbocycles. The van der Waals surface area contributed by atoms with Crippen LogP contribution in [0.1, 0.15) is 11.4 Å². The molecule has 1 aliphatic rings. The fourth-order valence-electron chi connectivity index (χ4n) is 4.35. The average Bonchev–Trinajstić information content (AvgIpc) is 3.27. The van der Waals surface area contributed by atoms with Crippen LogP contribution in [-0.2, 0) is 26.0 Å². The summed E-state index contributed by atoms with van der Waals surface area (Å²) in [5.41, 5.74) is 3.65. The van der Waals surface area contributed by atoms with Crippen molar-refractivity contribution in [1.82, 2.24) is 28.9 Å². The predicted octanol–water partition coefficient (Wildman–Crippen LogP) is 4.18. The van der Waals surface area contributed by atoms with Crippen LogP contribution >= 0.6 is 47.8 Å². The molecule has 8 nitrogen and oxygen atoms in total. The maximum atomic E-state index is 12.5. The molecule has 4 aromatic rings. The Morgan fingerprint density at radius 3 is 1.59 bits per heavy atom. The maximum absolute atomic E-state index is 12.5. The molecule has 0 atom stereocenters. The number of piperazine rings is 1. The summed E-state index contributed by atoms with van der Waals surface area (Å²) < 4.78 is 8.41. The quantitative estimate of drug-likeness (QED) is 0.318. The van der Waals surface area contributed by atoms with Crippen LogP contribution in [0.2, 0.25) is 0 Å². The van der Waals surface area contributed by atoms with E-state index in [1.54, 1.807) is 9.36 Å². The molecule has 0 amide bonds. The Kier molecular flexibility index (Phi) is 9.46. The average molecular weight is 697 g/mol. The number of para-hydroxylation sites is 2. The Morgan fingerprint density at radius 2 is 1.16 bits per heavy atom. The fourth-order valence-corrected chi connectivity index (χ4v) is 6.48. The number of rotatable bonds is 5. The predicted molar refractivity (Wildman–Crippen MR) is 158 cm³/mol. The van der Waals surface area contributed by atoms with E-state index in [9.17, 15) is 9.59 Å². The largest absolute Gasteiger partial charge is 0.314 e. The monoisotopic (exact) mass is 694 g/mol. The lowest BCUT2D eigenvalue weighted by molar-refractivity contribution is 0.226. The van der Waals surface area contributed by atoms with Gasteiger partial charge in [-0.25, -0.2) is 9.36 Å². The van der Waals surface area contributed by atoms with Crippen LogP contribution in [0.4, 0.5) is 0 Å². The topological polar surface area (TPSA) is 69.1 Å². The van der Waals surface area contributed by atoms with E-state index in [4.69, 9.17) is 0 Å². The van der Waals surface area contributed by atoms with Gasteiger partial charge in [0.1, 0.15) is 8.95 Å². The third kappa shape index (κ3) is 5.96. The van der Waals surface area contributed by atoms with Gasteiger partial charge in [-0.15, -0.1) is 0 Å². The smallest absolute Gasteiger partial charge is 0.286 e. The number of nitrogens with zero attached hydrogens (tertiary/aromatic N) is 5. The molecule has 5 rings (SSSR count). The van der Waals surface area contributed by atoms with Crippen molar-refractivity contribution < 1.29 is 0 Å². The van der Waals surface area contributed by atoms with Crippen molar-refractivity contribution in [2.24, 2.45) is 14.1 Å². The highest BCUT2D eigenvalue weighted by atomic mass is 79.9. The van der Waals surface area contributed by atoms with Gasteiger partial charge in [0, 0.05) is 52.1 Å². The van der Waals surface area contributed by atoms with E-state index in [1.807, 2.05) is 84.1 Å². The van der Waals surface area contributed by atoms with E-state index in [-0.39, 0.29) is 11.1 Å². The first-order valence-electron chi connectivity index (χ1n) is 11.9. The lowest BCUT2D eigenvalue weighted by Crippen LogP contribution is -2.43. The van der Waals surface area contributed by atoms with Crippen molar-refractivity contribution in [2.45, 2.75) is 11.9 Å². The van der Waals surface area contributed by atoms with E-state index in [2.05, 4.69) is 58.0 Å². The van der Waals surface area contributed by atoms with Crippen LogP contribution < -0.4 is 16.4 Å². The summed E-state index contributed by atoms with van der Waals surface area (Å²) >= 11 is 10.2. The van der Waals surface area contributed by atoms with Gasteiger partial charge in [0.05, 0.1) is 22.8 Å². The number of benzene rings is 2. The Hall–Kier alpha value is -2.18. The molecular formula is C26H29Br3N6O2. The number of halogens is 3. The lowest BCUT2D eigenvalue weighted by Gasteiger charge is -2.27. The van der Waals surface area contributed by atoms with Crippen LogP contribution in [0.3, 0.4) is 0 Å². The summed E-state index contributed by atoms with van der Waals surface area (Å²) in [6.45, 7) is 4.82. The van der Waals surface area contributed by atoms with E-state index < -0.39 is 0 Å². The Labute approximate surface area is 240 Å². The minimum Gasteiger partial charge on any atom is -0.314 e. The Morgan fingerprint density at radius 1 is 0.730 bits per heavy atom. The summed E-state index contributed by atoms with van der Waals surface area (Å²) in [7, 11) is 3.81. The van der Waals surface area contributed by atoms with Crippen molar-refractivity contribution in [3.05, 3.63) is 102 Å². The SMILES string of the molecule is Cn1c(CBr)c(Br)c(=O)n1-c1ccccc1.Cn1c(CN2CCNCC2)c(Br)c(=O)n1-c1ccccc1. The number of nitrogens with one attached hydrogen (secondary N) is 1. The van der Waals surface area contributed by atoms with Gasteiger partial charge in [0.2, 0.25) is 0 Å². The maximum Gasteiger partial charge on any atom is 0.286 e. The van der Waals surface area contributed by atoms with E-state index >= 15 is 0 Å². The van der Waals surface area contributed by atoms with Crippen LogP contribution in [0, 0.1) is 0 Å². The van der Waals surface area contributed by atoms with Gasteiger partial charge in [0.15, 0.2) is 0 Å². The van der Waals surface area contributed by atoms with Gasteiger partial charge in [-0.3, -0.25) is 23.9 Å². The third-order valence-electron chi connectivity index (χ3n) is 6.36. The van der Waals surface area contributed by atoms with Crippen LogP contribution in [0.25, 0.3) is 11.4 Å². The van der Waals surface area contributed by atoms with E-state index in [0.29, 0.717) is 14.3 Å². The third-order valence-corrected chi connectivity index (χ3v) is 8.48. The highest BCUT2D eigenvalue weighted by Crippen LogP contribution is 2.19. The number of hydrogen-bond acceptors (Lipinski definition) is 4. The summed E-state index contributed by atoms with van der Waals surface area (Å²) in [5.74, 6) is 0. The van der Waals surface area contributed by atoms with Gasteiger partial charge in [-0.05, 0) is 56.1 Å². The highest BCUT2D eigenvalue weighted by Gasteiger charge is 2.20. The molecule has 0 bridgehead atoms. The fraction of sp³-hybridized carbons (Fsp3) is 0.308. The molecule has 1 fully saturated rings. The van der Waals surface area contributed by atoms with Crippen molar-refractivity contribution in [2.75, 3.05) is 26.2 Å². The molecule has 1 saturated heterocycles. The summed E-state index contributed by atoms with van der Waals surface area (Å²) in [6.07, 6.45) is 0. The first kappa shape index (κ1) is 27.8. The first-order valence-corrected chi connectivity index (χ1v) is 14.6. The summed E-state index contributed by atoms with van der Waals surface area (Å²) in [4.78, 5) is 26.9. The molecule has 0 unspecified atom stereocenters. The van der Waals surface area contributed by atoms with Gasteiger partial charge >= 0.3 is 0 Å². The Balaban J connectivity index is 0.000000180. The molecule has 1 N–H and O–H groups in total. The molecule has 196 valence electrons. The second-order valence-electron chi connectivity index (χ2n) is 8.63. The number of alkyl halides is 1. The molecule has 0 aliphatic carbocycles. The zero-order chi connectivity index (χ0) is 26.5. The van der Waals surface area contributed by atoms with Gasteiger partial charge in [-0.1, -0.05) is 52.3 Å². The van der Waals surface area contributed by atoms with Crippen molar-refractivity contribution >= 4 is 47.8 Å². The minimum absolute atomic E-state index is 0.00571. The van der Waals surface area contributed by atoms with Gasteiger partial charge in [-0.2, -0.15) is 0 Å². The molecular weight excluding hydrogens is 668 g/mol. The number of aromatic nitrogens is 4. The number of hydrogen-bond donors (Lipinski definition) is 1. The molecule has 11 heteroatoms. The van der Waals surface area contributed by atoms with Crippen molar-refractivity contribution in [3.8, 4) is 11.4 Å². The first-order chi connectivity index (χ1) is 17.8. The van der Waals surface area contributed by atoms with Crippen molar-refractivity contribution in [1.29, 1.82) is 0 Å². The van der Waals surface area contributed by atoms with E-state index in [1.165, 1.54) is 0 Å². The Bertz CT molecular complexity index is 1450. The second kappa shape index (κ2) is 12.6. The highest BCUT2D eigenvalue weighted by molar-refractivity contribution is 9.11. The molecule has 2 aromatic heterocycles. The van der Waals surface area contributed by atoms with Gasteiger partial charge < -0.3 is 5.32 Å². The van der Waals surface area contributed by atoms with Crippen LogP contribution in [0.5, 0.6) is 0 Å². The standard InChI is InChI=1S/C15H19BrN4O.C11H10Br2N2O/c1-18-13(11-19-9-7-17-8-10-19)14(16)15(21)20(18)12-5-3-2-4-6-12;1-14-9(7-12)10(13)11(16)15(14)8-5-3-2-4-6-8/h2-6,17H,7-11H2,1H3;2-6H,7H2,1H3. The van der Waals surface area contributed by atoms with Crippen molar-refractivity contribution in [3.63, 3.8) is 0 Å². The zero-order valence-corrected chi connectivity index (χ0v) is 25.5. The van der Waals surface area contributed by atoms with Gasteiger partial charge in [0.25, 0.3) is 11.1 Å². The molecule has 3 heterocycles. The minimum atomic E-state index is -0.0387. The molecule has 37 heavy (non-hydrogen) atoms. The van der Waals surface area contributed by atoms with E-state index in [0.717, 1.165) is 55.5 Å². The summed E-state index contributed by atoms with van der Waals surface area (Å²) in [5, 5.41) is 3.98. The molecule has 2 aromatic carbocycles. The molecule has 0 radical (unpaired) electrons. The zero-order valence-electron chi connectivity index (χ0n) is 20.7. The van der Waals surface area contributed by atoms with Crippen LogP contribution in [-0.4, -0.2) is 49.8 Å². The summed E-state index contributed by atoms with van der Waals surface area (Å²) in [6, 6.07) is 19.3. The normalized spacial score (nSPS) is 13.9. The lowest BCUT2D eigenvalue weighted by atomic mass is 10.3. The molecule has 1 aliphatic heterocycles.